The van der Waals surface area contributed by atoms with Crippen LogP contribution in [-0.2, 0) is 4.57 Å². The standard InChI is InChI=1S/Na.H3O4P/c;1-5(2,3)4/h;(H3,1,2,3,4)/q+1;/p-1/i/hD2. The Morgan fingerprint density at radius 1 is 1.83 bits per heavy atom. The summed E-state index contributed by atoms with van der Waals surface area (Å²) in [6, 6.07) is 0. The first-order valence-corrected chi connectivity index (χ1v) is 2.19. The van der Waals surface area contributed by atoms with Gasteiger partial charge in [-0.2, -0.15) is 0 Å². The third kappa shape index (κ3) is 70.1. The number of rotatable bonds is 2. The Bertz CT molecular complexity index is 86.0. The maximum absolute atomic E-state index is 9.58. The molecule has 0 heterocycles. The van der Waals surface area contributed by atoms with Gasteiger partial charge in [0.05, 0.1) is 0 Å². The van der Waals surface area contributed by atoms with Crippen molar-refractivity contribution in [1.29, 1.82) is 2.86 Å². The predicted octanol–water partition coefficient (Wildman–Crippen LogP) is -4.56. The van der Waals surface area contributed by atoms with Gasteiger partial charge in [-0.1, -0.05) is 0 Å². The molecule has 0 bridgehead atoms. The van der Waals surface area contributed by atoms with E-state index in [0.717, 1.165) is 0 Å². The van der Waals surface area contributed by atoms with Crippen molar-refractivity contribution in [3.05, 3.63) is 0 Å². The van der Waals surface area contributed by atoms with Crippen LogP contribution >= 0.6 is 7.82 Å². The molecule has 0 saturated carbocycles. The number of hydrogen-bond donors (Lipinski definition) is 2. The van der Waals surface area contributed by atoms with Crippen LogP contribution < -0.4 is 34.5 Å². The van der Waals surface area contributed by atoms with Crippen LogP contribution in [0.25, 0.3) is 0 Å². The summed E-state index contributed by atoms with van der Waals surface area (Å²) in [4.78, 5) is 15.4. The molecule has 0 aromatic rings. The van der Waals surface area contributed by atoms with Crippen LogP contribution in [0.4, 0.5) is 0 Å². The Labute approximate surface area is 59.7 Å². The van der Waals surface area contributed by atoms with Gasteiger partial charge in [-0.25, -0.2) is 0 Å². The van der Waals surface area contributed by atoms with E-state index in [1.54, 1.807) is 0 Å². The van der Waals surface area contributed by atoms with E-state index < -0.39 is 7.82 Å². The minimum Gasteiger partial charge on any atom is -0.756 e. The van der Waals surface area contributed by atoms with Crippen molar-refractivity contribution in [2.75, 3.05) is 0 Å². The van der Waals surface area contributed by atoms with Crippen LogP contribution in [0.3, 0.4) is 0 Å². The molecular formula is H2NaO4P. The average molecular weight is 122 g/mol. The average Bonchev–Trinajstić information content (AvgIpc) is 1.68. The van der Waals surface area contributed by atoms with E-state index in [1.165, 1.54) is 0 Å². The zero-order valence-electron chi connectivity index (χ0n) is 5.08. The zero-order chi connectivity index (χ0) is 5.91. The molecule has 0 fully saturated rings. The molecule has 0 saturated heterocycles. The molecule has 2 N–H and O–H groups in total. The topological polar surface area (TPSA) is 80.6 Å². The molecule has 0 aliphatic carbocycles. The van der Waals surface area contributed by atoms with Gasteiger partial charge < -0.3 is 14.7 Å². The van der Waals surface area contributed by atoms with Gasteiger partial charge in [-0.3, -0.25) is 4.57 Å². The summed E-state index contributed by atoms with van der Waals surface area (Å²) in [6.07, 6.45) is 0. The van der Waals surface area contributed by atoms with Crippen LogP contribution in [0.1, 0.15) is 0 Å². The van der Waals surface area contributed by atoms with Gasteiger partial charge in [0.25, 0.3) is 7.82 Å². The second-order valence-corrected chi connectivity index (χ2v) is 1.34. The zero-order valence-corrected chi connectivity index (χ0v) is 5.97. The summed E-state index contributed by atoms with van der Waals surface area (Å²) in [7, 11) is -4.57. The fourth-order valence-corrected chi connectivity index (χ4v) is 0. The molecular weight excluding hydrogens is 118 g/mol. The molecule has 6 heteroatoms. The molecule has 0 atom stereocenters. The van der Waals surface area contributed by atoms with E-state index in [-0.39, 0.29) is 29.6 Å². The minimum atomic E-state index is -4.57. The Balaban J connectivity index is 0. The van der Waals surface area contributed by atoms with E-state index in [2.05, 4.69) is 9.79 Å². The SMILES string of the molecule is [2H]OP(=O)([O-])O[2H].[Na+]. The molecule has 0 unspecified atom stereocenters. The van der Waals surface area contributed by atoms with Crippen molar-refractivity contribution in [2.24, 2.45) is 0 Å². The quantitative estimate of drug-likeness (QED) is 0.285. The monoisotopic (exact) mass is 122 g/mol. The Morgan fingerprint density at radius 2 is 2.17 bits per heavy atom. The fourth-order valence-electron chi connectivity index (χ4n) is 0. The molecule has 0 aliphatic rings. The van der Waals surface area contributed by atoms with Crippen LogP contribution in [0, 0.1) is 0 Å². The van der Waals surface area contributed by atoms with Crippen molar-refractivity contribution in [3.63, 3.8) is 0 Å². The second-order valence-electron chi connectivity index (χ2n) is 0.447. The van der Waals surface area contributed by atoms with Crippen molar-refractivity contribution in [2.45, 2.75) is 0 Å². The van der Waals surface area contributed by atoms with Gasteiger partial charge in [-0.05, 0) is 0 Å². The predicted molar refractivity (Wildman–Crippen MR) is 12.0 cm³/mol. The molecule has 0 amide bonds. The van der Waals surface area contributed by atoms with Gasteiger partial charge in [0.1, 0.15) is 0 Å². The maximum Gasteiger partial charge on any atom is 1.00 e. The first-order valence-electron chi connectivity index (χ1n) is 1.55. The first-order chi connectivity index (χ1) is 3.12. The minimum absolute atomic E-state index is 0. The Hall–Kier alpha value is 1.11. The van der Waals surface area contributed by atoms with E-state index in [4.69, 9.17) is 2.86 Å². The van der Waals surface area contributed by atoms with Crippen molar-refractivity contribution in [3.8, 4) is 0 Å². The molecule has 6 heavy (non-hydrogen) atoms. The van der Waals surface area contributed by atoms with Gasteiger partial charge in [0.15, 0.2) is 0 Å². The first kappa shape index (κ1) is 5.25. The molecule has 0 spiro atoms. The van der Waals surface area contributed by atoms with Gasteiger partial charge in [0.2, 0.25) is 2.86 Å². The molecule has 0 rings (SSSR count). The smallest absolute Gasteiger partial charge is 0.756 e. The fraction of sp³-hybridized carbons (Fsp3) is 0. The van der Waals surface area contributed by atoms with Gasteiger partial charge in [0, 0.05) is 0 Å². The number of phosphoric acid groups is 1. The van der Waals surface area contributed by atoms with E-state index >= 15 is 0 Å². The van der Waals surface area contributed by atoms with Crippen LogP contribution in [0.5, 0.6) is 0 Å². The maximum atomic E-state index is 9.58. The summed E-state index contributed by atoms with van der Waals surface area (Å²) in [5, 5.41) is 0. The summed E-state index contributed by atoms with van der Waals surface area (Å²) >= 11 is 0. The molecule has 0 radical (unpaired) electrons. The normalized spacial score (nSPS) is 14.2. The second kappa shape index (κ2) is 3.16. The summed E-state index contributed by atoms with van der Waals surface area (Å²) in [5.41, 5.74) is 0. The summed E-state index contributed by atoms with van der Waals surface area (Å²) < 4.78 is 20.9. The van der Waals surface area contributed by atoms with Crippen molar-refractivity contribution in [1.82, 2.24) is 0 Å². The van der Waals surface area contributed by atoms with Crippen LogP contribution in [0.15, 0.2) is 0 Å². The molecule has 4 nitrogen and oxygen atoms in total. The van der Waals surface area contributed by atoms with E-state index in [0.29, 0.717) is 0 Å². The van der Waals surface area contributed by atoms with E-state index in [1.807, 2.05) is 0 Å². The number of hydrogen-bond acceptors (Lipinski definition) is 4. The van der Waals surface area contributed by atoms with Crippen LogP contribution in [-0.4, -0.2) is 12.7 Å². The van der Waals surface area contributed by atoms with E-state index in [9.17, 15) is 9.46 Å². The molecule has 0 aromatic heterocycles. The van der Waals surface area contributed by atoms with Gasteiger partial charge in [-0.15, -0.1) is 0 Å². The summed E-state index contributed by atoms with van der Waals surface area (Å²) in [5.74, 6) is 0. The van der Waals surface area contributed by atoms with Crippen molar-refractivity contribution < 1.29 is 48.8 Å². The molecule has 32 valence electrons. The molecule has 0 aromatic carbocycles. The molecule has 0 aliphatic heterocycles. The third-order valence-corrected chi connectivity index (χ3v) is 0. The third-order valence-electron chi connectivity index (χ3n) is 0. The van der Waals surface area contributed by atoms with Crippen molar-refractivity contribution >= 4 is 7.82 Å². The Kier molecular flexibility index (Phi) is 2.76. The largest absolute Gasteiger partial charge is 1.00 e. The Morgan fingerprint density at radius 3 is 2.17 bits per heavy atom. The summed E-state index contributed by atoms with van der Waals surface area (Å²) in [6.45, 7) is 0. The van der Waals surface area contributed by atoms with Crippen LogP contribution in [0.2, 0.25) is 0 Å². The van der Waals surface area contributed by atoms with Gasteiger partial charge >= 0.3 is 29.6 Å².